The standard InChI is InChI=1S/C19H18N2O5S/c1-12-2-4-16-14(8-12)9-13(19(22)21-16)6-7-20-27(23,24)15-3-5-17-18(10-15)26-11-25-17/h2-5,8-10,20H,6-7,11H2,1H3,(H,21,22). The van der Waals surface area contributed by atoms with Crippen LogP contribution in [0, 0.1) is 6.92 Å². The average Bonchev–Trinajstić information content (AvgIpc) is 3.10. The summed E-state index contributed by atoms with van der Waals surface area (Å²) in [6.07, 6.45) is 0.281. The maximum absolute atomic E-state index is 12.5. The molecule has 8 heteroatoms. The SMILES string of the molecule is Cc1ccc2[nH]c(=O)c(CCNS(=O)(=O)c3ccc4c(c3)OCO4)cc2c1. The molecule has 1 aliphatic heterocycles. The van der Waals surface area contributed by atoms with Crippen molar-refractivity contribution in [2.45, 2.75) is 18.2 Å². The molecule has 0 fully saturated rings. The first kappa shape index (κ1) is 17.6. The van der Waals surface area contributed by atoms with Gasteiger partial charge in [-0.25, -0.2) is 13.1 Å². The zero-order chi connectivity index (χ0) is 19.0. The van der Waals surface area contributed by atoms with Crippen LogP contribution in [0.1, 0.15) is 11.1 Å². The summed E-state index contributed by atoms with van der Waals surface area (Å²) in [5.74, 6) is 0.922. The van der Waals surface area contributed by atoms with Gasteiger partial charge in [0.1, 0.15) is 0 Å². The summed E-state index contributed by atoms with van der Waals surface area (Å²) in [4.78, 5) is 15.1. The molecule has 0 saturated carbocycles. The minimum absolute atomic E-state index is 0.0798. The highest BCUT2D eigenvalue weighted by molar-refractivity contribution is 7.89. The number of pyridine rings is 1. The quantitative estimate of drug-likeness (QED) is 0.700. The number of ether oxygens (including phenoxy) is 2. The Balaban J connectivity index is 1.50. The molecule has 2 aromatic carbocycles. The van der Waals surface area contributed by atoms with E-state index in [4.69, 9.17) is 9.47 Å². The van der Waals surface area contributed by atoms with Crippen LogP contribution in [0.2, 0.25) is 0 Å². The first-order valence-corrected chi connectivity index (χ1v) is 9.92. The predicted octanol–water partition coefficient (Wildman–Crippen LogP) is 2.09. The molecule has 4 rings (SSSR count). The number of rotatable bonds is 5. The van der Waals surface area contributed by atoms with Crippen LogP contribution in [-0.4, -0.2) is 26.7 Å². The van der Waals surface area contributed by atoms with E-state index in [9.17, 15) is 13.2 Å². The molecule has 0 amide bonds. The highest BCUT2D eigenvalue weighted by atomic mass is 32.2. The highest BCUT2D eigenvalue weighted by Crippen LogP contribution is 2.33. The summed E-state index contributed by atoms with van der Waals surface area (Å²) in [5.41, 5.74) is 2.16. The van der Waals surface area contributed by atoms with E-state index in [1.54, 1.807) is 12.1 Å². The molecule has 3 aromatic rings. The Bertz CT molecular complexity index is 1180. The van der Waals surface area contributed by atoms with Crippen LogP contribution in [-0.2, 0) is 16.4 Å². The van der Waals surface area contributed by atoms with Crippen molar-refractivity contribution in [2.75, 3.05) is 13.3 Å². The average molecular weight is 386 g/mol. The molecule has 0 saturated heterocycles. The fourth-order valence-corrected chi connectivity index (χ4v) is 4.05. The normalized spacial score (nSPS) is 13.2. The van der Waals surface area contributed by atoms with Crippen molar-refractivity contribution in [1.82, 2.24) is 9.71 Å². The minimum Gasteiger partial charge on any atom is -0.454 e. The lowest BCUT2D eigenvalue weighted by atomic mass is 10.1. The monoisotopic (exact) mass is 386 g/mol. The van der Waals surface area contributed by atoms with Crippen LogP contribution >= 0.6 is 0 Å². The fourth-order valence-electron chi connectivity index (χ4n) is 3.00. The van der Waals surface area contributed by atoms with Crippen molar-refractivity contribution < 1.29 is 17.9 Å². The van der Waals surface area contributed by atoms with Crippen LogP contribution in [0.5, 0.6) is 11.5 Å². The number of H-pyrrole nitrogens is 1. The summed E-state index contributed by atoms with van der Waals surface area (Å²) < 4.78 is 37.9. The zero-order valence-electron chi connectivity index (χ0n) is 14.6. The third kappa shape index (κ3) is 3.54. The molecular formula is C19H18N2O5S. The van der Waals surface area contributed by atoms with E-state index in [0.29, 0.717) is 17.1 Å². The molecule has 0 atom stereocenters. The number of fused-ring (bicyclic) bond motifs is 2. The molecule has 0 bridgehead atoms. The second kappa shape index (κ2) is 6.71. The van der Waals surface area contributed by atoms with Crippen molar-refractivity contribution in [3.8, 4) is 11.5 Å². The van der Waals surface area contributed by atoms with E-state index in [0.717, 1.165) is 16.5 Å². The van der Waals surface area contributed by atoms with E-state index in [2.05, 4.69) is 9.71 Å². The first-order chi connectivity index (χ1) is 12.9. The lowest BCUT2D eigenvalue weighted by Crippen LogP contribution is -2.27. The lowest BCUT2D eigenvalue weighted by molar-refractivity contribution is 0.174. The number of nitrogens with one attached hydrogen (secondary N) is 2. The Labute approximate surface area is 156 Å². The maximum Gasteiger partial charge on any atom is 0.251 e. The fraction of sp³-hybridized carbons (Fsp3) is 0.211. The third-order valence-corrected chi connectivity index (χ3v) is 5.88. The van der Waals surface area contributed by atoms with Gasteiger partial charge in [-0.1, -0.05) is 11.6 Å². The van der Waals surface area contributed by atoms with Gasteiger partial charge < -0.3 is 14.5 Å². The molecule has 140 valence electrons. The second-order valence-electron chi connectivity index (χ2n) is 6.38. The van der Waals surface area contributed by atoms with Gasteiger partial charge in [0.05, 0.1) is 4.90 Å². The lowest BCUT2D eigenvalue weighted by Gasteiger charge is -2.08. The van der Waals surface area contributed by atoms with Crippen LogP contribution in [0.15, 0.2) is 52.2 Å². The Morgan fingerprint density at radius 2 is 1.89 bits per heavy atom. The van der Waals surface area contributed by atoms with Gasteiger partial charge in [0.2, 0.25) is 16.8 Å². The summed E-state index contributed by atoms with van der Waals surface area (Å²) in [6.45, 7) is 2.16. The maximum atomic E-state index is 12.5. The molecule has 1 aliphatic rings. The van der Waals surface area contributed by atoms with Gasteiger partial charge in [-0.3, -0.25) is 4.79 Å². The topological polar surface area (TPSA) is 97.5 Å². The Kier molecular flexibility index (Phi) is 4.37. The van der Waals surface area contributed by atoms with Gasteiger partial charge in [-0.05, 0) is 49.1 Å². The number of hydrogen-bond donors (Lipinski definition) is 2. The number of hydrogen-bond acceptors (Lipinski definition) is 5. The third-order valence-electron chi connectivity index (χ3n) is 4.42. The van der Waals surface area contributed by atoms with Gasteiger partial charge in [0.15, 0.2) is 11.5 Å². The van der Waals surface area contributed by atoms with Crippen molar-refractivity contribution in [3.05, 3.63) is 63.9 Å². The van der Waals surface area contributed by atoms with Crippen molar-refractivity contribution in [2.24, 2.45) is 0 Å². The minimum atomic E-state index is -3.71. The molecule has 7 nitrogen and oxygen atoms in total. The molecule has 2 N–H and O–H groups in total. The van der Waals surface area contributed by atoms with E-state index in [1.807, 2.05) is 25.1 Å². The van der Waals surface area contributed by atoms with Gasteiger partial charge in [-0.2, -0.15) is 0 Å². The number of aryl methyl sites for hydroxylation is 1. The summed E-state index contributed by atoms with van der Waals surface area (Å²) in [5, 5.41) is 0.920. The Hall–Kier alpha value is -2.84. The van der Waals surface area contributed by atoms with Crippen molar-refractivity contribution in [3.63, 3.8) is 0 Å². The van der Waals surface area contributed by atoms with Gasteiger partial charge in [-0.15, -0.1) is 0 Å². The number of sulfonamides is 1. The largest absolute Gasteiger partial charge is 0.454 e. The summed E-state index contributed by atoms with van der Waals surface area (Å²) in [6, 6.07) is 12.0. The van der Waals surface area contributed by atoms with E-state index < -0.39 is 10.0 Å². The number of aromatic amines is 1. The number of aromatic nitrogens is 1. The molecule has 2 heterocycles. The molecular weight excluding hydrogens is 368 g/mol. The van der Waals surface area contributed by atoms with E-state index in [1.165, 1.54) is 12.1 Å². The highest BCUT2D eigenvalue weighted by Gasteiger charge is 2.20. The van der Waals surface area contributed by atoms with Gasteiger partial charge in [0.25, 0.3) is 5.56 Å². The smallest absolute Gasteiger partial charge is 0.251 e. The van der Waals surface area contributed by atoms with Gasteiger partial charge >= 0.3 is 0 Å². The molecule has 27 heavy (non-hydrogen) atoms. The Morgan fingerprint density at radius 3 is 2.74 bits per heavy atom. The molecule has 0 radical (unpaired) electrons. The Morgan fingerprint density at radius 1 is 1.07 bits per heavy atom. The summed E-state index contributed by atoms with van der Waals surface area (Å²) in [7, 11) is -3.71. The summed E-state index contributed by atoms with van der Waals surface area (Å²) >= 11 is 0. The van der Waals surface area contributed by atoms with E-state index in [-0.39, 0.29) is 30.2 Å². The first-order valence-electron chi connectivity index (χ1n) is 8.44. The van der Waals surface area contributed by atoms with E-state index >= 15 is 0 Å². The zero-order valence-corrected chi connectivity index (χ0v) is 15.4. The van der Waals surface area contributed by atoms with Gasteiger partial charge in [0, 0.05) is 23.7 Å². The molecule has 0 aliphatic carbocycles. The predicted molar refractivity (Wildman–Crippen MR) is 101 cm³/mol. The van der Waals surface area contributed by atoms with Crippen molar-refractivity contribution in [1.29, 1.82) is 0 Å². The molecule has 0 spiro atoms. The molecule has 1 aromatic heterocycles. The van der Waals surface area contributed by atoms with Crippen LogP contribution < -0.4 is 19.8 Å². The number of benzene rings is 2. The van der Waals surface area contributed by atoms with Crippen LogP contribution in [0.3, 0.4) is 0 Å². The second-order valence-corrected chi connectivity index (χ2v) is 8.14. The van der Waals surface area contributed by atoms with Crippen molar-refractivity contribution >= 4 is 20.9 Å². The van der Waals surface area contributed by atoms with Crippen LogP contribution in [0.4, 0.5) is 0 Å². The van der Waals surface area contributed by atoms with Crippen LogP contribution in [0.25, 0.3) is 10.9 Å². The molecule has 0 unspecified atom stereocenters.